The summed E-state index contributed by atoms with van der Waals surface area (Å²) in [6, 6.07) is 5.00. The van der Waals surface area contributed by atoms with Crippen LogP contribution in [-0.2, 0) is 5.41 Å². The SMILES string of the molecule is Cc1cc2ncc(=O)[nH]c2cc1C12CCCCC1C(C)N(C)CC2. The monoisotopic (exact) mass is 325 g/mol. The highest BCUT2D eigenvalue weighted by Crippen LogP contribution is 2.52. The summed E-state index contributed by atoms with van der Waals surface area (Å²) in [7, 11) is 2.26. The van der Waals surface area contributed by atoms with Crippen LogP contribution in [0, 0.1) is 12.8 Å². The van der Waals surface area contributed by atoms with Crippen molar-refractivity contribution in [3.8, 4) is 0 Å². The molecule has 2 aliphatic rings. The Morgan fingerprint density at radius 1 is 1.29 bits per heavy atom. The zero-order chi connectivity index (χ0) is 16.9. The van der Waals surface area contributed by atoms with Crippen molar-refractivity contribution in [2.75, 3.05) is 13.6 Å². The first-order valence-electron chi connectivity index (χ1n) is 9.22. The van der Waals surface area contributed by atoms with Gasteiger partial charge >= 0.3 is 0 Å². The minimum Gasteiger partial charge on any atom is -0.319 e. The lowest BCUT2D eigenvalue weighted by atomic mass is 9.56. The molecule has 2 aromatic rings. The number of fused-ring (bicyclic) bond motifs is 2. The number of aryl methyl sites for hydroxylation is 1. The van der Waals surface area contributed by atoms with Crippen LogP contribution in [0.5, 0.6) is 0 Å². The molecule has 2 fully saturated rings. The third kappa shape index (κ3) is 2.31. The highest BCUT2D eigenvalue weighted by Gasteiger charge is 2.48. The van der Waals surface area contributed by atoms with Gasteiger partial charge < -0.3 is 9.88 Å². The van der Waals surface area contributed by atoms with Crippen LogP contribution in [0.3, 0.4) is 0 Å². The fourth-order valence-electron chi connectivity index (χ4n) is 5.36. The van der Waals surface area contributed by atoms with Crippen molar-refractivity contribution in [2.24, 2.45) is 5.92 Å². The molecule has 4 nitrogen and oxygen atoms in total. The van der Waals surface area contributed by atoms with Crippen molar-refractivity contribution in [2.45, 2.75) is 57.4 Å². The van der Waals surface area contributed by atoms with E-state index in [0.717, 1.165) is 17.6 Å². The normalized spacial score (nSPS) is 31.1. The quantitative estimate of drug-likeness (QED) is 0.874. The predicted octanol–water partition coefficient (Wildman–Crippen LogP) is 3.38. The van der Waals surface area contributed by atoms with Crippen LogP contribution in [0.15, 0.2) is 23.1 Å². The van der Waals surface area contributed by atoms with Gasteiger partial charge in [0.25, 0.3) is 5.56 Å². The second-order valence-electron chi connectivity index (χ2n) is 7.91. The number of aromatic nitrogens is 2. The van der Waals surface area contributed by atoms with Gasteiger partial charge in [-0.05, 0) is 75.9 Å². The van der Waals surface area contributed by atoms with E-state index >= 15 is 0 Å². The van der Waals surface area contributed by atoms with Gasteiger partial charge in [0.15, 0.2) is 0 Å². The van der Waals surface area contributed by atoms with Crippen LogP contribution < -0.4 is 5.56 Å². The summed E-state index contributed by atoms with van der Waals surface area (Å²) < 4.78 is 0. The lowest BCUT2D eigenvalue weighted by Crippen LogP contribution is -2.55. The Morgan fingerprint density at radius 3 is 2.96 bits per heavy atom. The minimum absolute atomic E-state index is 0.119. The van der Waals surface area contributed by atoms with Gasteiger partial charge in [-0.1, -0.05) is 12.8 Å². The molecule has 1 saturated heterocycles. The molecule has 128 valence electrons. The molecule has 3 unspecified atom stereocenters. The molecule has 1 aromatic carbocycles. The Bertz CT molecular complexity index is 827. The van der Waals surface area contributed by atoms with Crippen molar-refractivity contribution in [3.05, 3.63) is 39.8 Å². The van der Waals surface area contributed by atoms with E-state index in [4.69, 9.17) is 0 Å². The average molecular weight is 325 g/mol. The minimum atomic E-state index is -0.119. The lowest BCUT2D eigenvalue weighted by Gasteiger charge is -2.54. The largest absolute Gasteiger partial charge is 0.319 e. The second-order valence-corrected chi connectivity index (χ2v) is 7.91. The highest BCUT2D eigenvalue weighted by molar-refractivity contribution is 5.76. The second kappa shape index (κ2) is 5.69. The summed E-state index contributed by atoms with van der Waals surface area (Å²) in [5.74, 6) is 0.699. The van der Waals surface area contributed by atoms with Crippen LogP contribution in [-0.4, -0.2) is 34.5 Å². The summed E-state index contributed by atoms with van der Waals surface area (Å²) in [6.45, 7) is 5.76. The van der Waals surface area contributed by atoms with E-state index in [2.05, 4.69) is 47.9 Å². The van der Waals surface area contributed by atoms with Crippen LogP contribution in [0.4, 0.5) is 0 Å². The molecule has 0 radical (unpaired) electrons. The van der Waals surface area contributed by atoms with E-state index in [9.17, 15) is 4.79 Å². The van der Waals surface area contributed by atoms with Gasteiger partial charge in [0.1, 0.15) is 0 Å². The molecule has 1 aliphatic carbocycles. The molecular formula is C20H27N3O. The number of hydrogen-bond acceptors (Lipinski definition) is 3. The molecule has 4 rings (SSSR count). The van der Waals surface area contributed by atoms with E-state index in [-0.39, 0.29) is 11.0 Å². The van der Waals surface area contributed by atoms with Gasteiger partial charge in [-0.25, -0.2) is 4.98 Å². The first-order valence-corrected chi connectivity index (χ1v) is 9.22. The summed E-state index contributed by atoms with van der Waals surface area (Å²) in [6.07, 6.45) is 7.83. The molecular weight excluding hydrogens is 298 g/mol. The van der Waals surface area contributed by atoms with E-state index in [0.29, 0.717) is 12.0 Å². The van der Waals surface area contributed by atoms with Crippen LogP contribution in [0.25, 0.3) is 11.0 Å². The van der Waals surface area contributed by atoms with E-state index in [1.54, 1.807) is 0 Å². The predicted molar refractivity (Wildman–Crippen MR) is 97.4 cm³/mol. The zero-order valence-corrected chi connectivity index (χ0v) is 14.9. The number of piperidine rings is 1. The topological polar surface area (TPSA) is 49.0 Å². The van der Waals surface area contributed by atoms with Gasteiger partial charge in [0.05, 0.1) is 17.2 Å². The van der Waals surface area contributed by atoms with E-state index in [1.807, 2.05) is 0 Å². The van der Waals surface area contributed by atoms with Gasteiger partial charge in [0, 0.05) is 11.5 Å². The Morgan fingerprint density at radius 2 is 2.12 bits per heavy atom. The third-order valence-electron chi connectivity index (χ3n) is 6.74. The maximum Gasteiger partial charge on any atom is 0.266 e. The molecule has 3 atom stereocenters. The molecule has 1 aliphatic heterocycles. The summed E-state index contributed by atoms with van der Waals surface area (Å²) >= 11 is 0. The van der Waals surface area contributed by atoms with E-state index in [1.165, 1.54) is 49.4 Å². The first kappa shape index (κ1) is 15.8. The smallest absolute Gasteiger partial charge is 0.266 e. The molecule has 1 saturated carbocycles. The number of benzene rings is 1. The Hall–Kier alpha value is -1.68. The lowest BCUT2D eigenvalue weighted by molar-refractivity contribution is 0.0226. The van der Waals surface area contributed by atoms with Crippen LogP contribution >= 0.6 is 0 Å². The van der Waals surface area contributed by atoms with Crippen LogP contribution in [0.2, 0.25) is 0 Å². The Labute approximate surface area is 143 Å². The Kier molecular flexibility index (Phi) is 3.75. The van der Waals surface area contributed by atoms with E-state index < -0.39 is 0 Å². The molecule has 0 spiro atoms. The first-order chi connectivity index (χ1) is 11.5. The Balaban J connectivity index is 1.90. The summed E-state index contributed by atoms with van der Waals surface area (Å²) in [5.41, 5.74) is 4.68. The van der Waals surface area contributed by atoms with Crippen molar-refractivity contribution in [3.63, 3.8) is 0 Å². The van der Waals surface area contributed by atoms with Crippen LogP contribution in [0.1, 0.15) is 50.2 Å². The zero-order valence-electron chi connectivity index (χ0n) is 14.9. The van der Waals surface area contributed by atoms with Gasteiger partial charge in [0.2, 0.25) is 0 Å². The molecule has 1 aromatic heterocycles. The summed E-state index contributed by atoms with van der Waals surface area (Å²) in [5, 5.41) is 0. The number of likely N-dealkylation sites (tertiary alicyclic amines) is 1. The molecule has 24 heavy (non-hydrogen) atoms. The number of hydrogen-bond donors (Lipinski definition) is 1. The molecule has 0 amide bonds. The number of aromatic amines is 1. The number of H-pyrrole nitrogens is 1. The number of nitrogens with zero attached hydrogens (tertiary/aromatic N) is 2. The van der Waals surface area contributed by atoms with Crippen molar-refractivity contribution >= 4 is 11.0 Å². The van der Waals surface area contributed by atoms with Crippen molar-refractivity contribution in [1.29, 1.82) is 0 Å². The highest BCUT2D eigenvalue weighted by atomic mass is 16.1. The molecule has 0 bridgehead atoms. The van der Waals surface area contributed by atoms with Gasteiger partial charge in [-0.15, -0.1) is 0 Å². The maximum atomic E-state index is 11.7. The fourth-order valence-corrected chi connectivity index (χ4v) is 5.36. The van der Waals surface area contributed by atoms with Gasteiger partial charge in [-0.3, -0.25) is 4.79 Å². The average Bonchev–Trinajstić information content (AvgIpc) is 2.58. The fraction of sp³-hybridized carbons (Fsp3) is 0.600. The molecule has 2 heterocycles. The molecule has 4 heteroatoms. The summed E-state index contributed by atoms with van der Waals surface area (Å²) in [4.78, 5) is 21.5. The number of nitrogens with one attached hydrogen (secondary N) is 1. The van der Waals surface area contributed by atoms with Gasteiger partial charge in [-0.2, -0.15) is 0 Å². The standard InChI is InChI=1S/C20H27N3O/c1-13-10-17-18(22-19(24)12-21-17)11-16(13)20-7-5-4-6-15(20)14(2)23(3)9-8-20/h10-12,14-15H,4-9H2,1-3H3,(H,22,24). The third-order valence-corrected chi connectivity index (χ3v) is 6.74. The molecule has 1 N–H and O–H groups in total. The van der Waals surface area contributed by atoms with Crippen molar-refractivity contribution in [1.82, 2.24) is 14.9 Å². The van der Waals surface area contributed by atoms with Crippen molar-refractivity contribution < 1.29 is 0 Å². The maximum absolute atomic E-state index is 11.7. The number of rotatable bonds is 1.